The Bertz CT molecular complexity index is 1270. The van der Waals surface area contributed by atoms with Crippen molar-refractivity contribution >= 4 is 29.3 Å². The molecule has 0 fully saturated rings. The molecule has 0 spiro atoms. The predicted molar refractivity (Wildman–Crippen MR) is 152 cm³/mol. The average Bonchev–Trinajstić information content (AvgIpc) is 2.95. The van der Waals surface area contributed by atoms with Crippen LogP contribution in [0.5, 0.6) is 0 Å². The van der Waals surface area contributed by atoms with Crippen molar-refractivity contribution in [2.75, 3.05) is 46.2 Å². The van der Waals surface area contributed by atoms with E-state index < -0.39 is 0 Å². The van der Waals surface area contributed by atoms with E-state index >= 15 is 0 Å². The van der Waals surface area contributed by atoms with Gasteiger partial charge in [-0.15, -0.1) is 0 Å². The molecule has 8 nitrogen and oxygen atoms in total. The zero-order valence-electron chi connectivity index (χ0n) is 22.4. The Kier molecular flexibility index (Phi) is 8.63. The molecule has 3 aromatic carbocycles. The molecule has 8 heteroatoms. The van der Waals surface area contributed by atoms with Crippen LogP contribution in [0.25, 0.3) is 11.1 Å². The van der Waals surface area contributed by atoms with Gasteiger partial charge in [-0.25, -0.2) is 9.79 Å². The number of fused-ring (bicyclic) bond motifs is 1. The molecule has 3 aromatic rings. The number of amides is 2. The van der Waals surface area contributed by atoms with E-state index in [0.29, 0.717) is 13.1 Å². The summed E-state index contributed by atoms with van der Waals surface area (Å²) in [4.78, 5) is 35.2. The highest BCUT2D eigenvalue weighted by atomic mass is 16.5. The molecule has 1 unspecified atom stereocenters. The number of rotatable bonds is 8. The topological polar surface area (TPSA) is 77.5 Å². The Morgan fingerprint density at radius 1 is 0.921 bits per heavy atom. The molecular formula is C30H35N5O3. The van der Waals surface area contributed by atoms with Gasteiger partial charge in [0, 0.05) is 45.5 Å². The molecule has 0 radical (unpaired) electrons. The molecule has 0 saturated heterocycles. The number of nitrogens with one attached hydrogen (secondary N) is 1. The summed E-state index contributed by atoms with van der Waals surface area (Å²) < 4.78 is 5.08. The number of esters is 1. The molecule has 0 aromatic heterocycles. The summed E-state index contributed by atoms with van der Waals surface area (Å²) in [7, 11) is 6.84. The molecule has 4 rings (SSSR count). The molecule has 1 aliphatic rings. The van der Waals surface area contributed by atoms with Crippen LogP contribution in [0.15, 0.2) is 83.9 Å². The Balaban J connectivity index is 1.67. The van der Waals surface area contributed by atoms with Crippen molar-refractivity contribution < 1.29 is 14.3 Å². The first-order valence-corrected chi connectivity index (χ1v) is 12.7. The van der Waals surface area contributed by atoms with Crippen molar-refractivity contribution in [1.29, 1.82) is 0 Å². The van der Waals surface area contributed by atoms with Gasteiger partial charge in [-0.05, 0) is 35.7 Å². The minimum absolute atomic E-state index is 0.116. The zero-order chi connectivity index (χ0) is 27.1. The third-order valence-electron chi connectivity index (χ3n) is 6.58. The van der Waals surface area contributed by atoms with E-state index in [0.717, 1.165) is 40.4 Å². The second kappa shape index (κ2) is 12.3. The summed E-state index contributed by atoms with van der Waals surface area (Å²) in [5, 5.41) is 2.91. The fourth-order valence-electron chi connectivity index (χ4n) is 4.53. The van der Waals surface area contributed by atoms with Gasteiger partial charge < -0.3 is 24.8 Å². The van der Waals surface area contributed by atoms with Crippen molar-refractivity contribution in [2.24, 2.45) is 4.99 Å². The molecule has 1 heterocycles. The van der Waals surface area contributed by atoms with Gasteiger partial charge in [-0.1, -0.05) is 60.7 Å². The van der Waals surface area contributed by atoms with E-state index in [1.165, 1.54) is 12.0 Å². The van der Waals surface area contributed by atoms with Gasteiger partial charge in [-0.3, -0.25) is 4.79 Å². The van der Waals surface area contributed by atoms with Crippen LogP contribution in [0.1, 0.15) is 24.4 Å². The molecule has 0 aliphatic carbocycles. The number of hydrogen-bond acceptors (Lipinski definition) is 6. The highest BCUT2D eigenvalue weighted by Crippen LogP contribution is 2.40. The van der Waals surface area contributed by atoms with E-state index in [-0.39, 0.29) is 24.5 Å². The molecule has 0 bridgehead atoms. The number of ether oxygens (including phenoxy) is 1. The molecule has 0 saturated carbocycles. The Morgan fingerprint density at radius 3 is 2.26 bits per heavy atom. The van der Waals surface area contributed by atoms with Crippen LogP contribution in [0.2, 0.25) is 0 Å². The van der Waals surface area contributed by atoms with Crippen molar-refractivity contribution in [3.63, 3.8) is 0 Å². The lowest BCUT2D eigenvalue weighted by atomic mass is 9.97. The van der Waals surface area contributed by atoms with Crippen LogP contribution in [0, 0.1) is 0 Å². The fraction of sp³-hybridized carbons (Fsp3) is 0.300. The Morgan fingerprint density at radius 2 is 1.58 bits per heavy atom. The zero-order valence-corrected chi connectivity index (χ0v) is 22.4. The average molecular weight is 514 g/mol. The molecule has 198 valence electrons. The summed E-state index contributed by atoms with van der Waals surface area (Å²) >= 11 is 0. The van der Waals surface area contributed by atoms with E-state index in [1.54, 1.807) is 14.1 Å². The molecule has 1 atom stereocenters. The second-order valence-corrected chi connectivity index (χ2v) is 9.45. The summed E-state index contributed by atoms with van der Waals surface area (Å²) in [6.07, 6.45) is 0.916. The third kappa shape index (κ3) is 6.14. The standard InChI is InChI=1S/C30H35N5O3/c1-33(2)30(37)31-19-10-20-34(3)29-32-26-14-9-8-13-25(26)27(21-28(36)38-4)35(29)24-17-15-23(16-18-24)22-11-6-5-7-12-22/h5-9,11-18,27H,10,19-21H2,1-4H3,(H,31,37). The molecule has 1 N–H and O–H groups in total. The van der Waals surface area contributed by atoms with Crippen molar-refractivity contribution in [3.05, 3.63) is 84.4 Å². The normalized spacial score (nSPS) is 14.3. The number of urea groups is 1. The number of anilines is 1. The molecular weight excluding hydrogens is 478 g/mol. The first kappa shape index (κ1) is 26.7. The minimum atomic E-state index is -0.287. The number of nitrogens with zero attached hydrogens (tertiary/aromatic N) is 4. The van der Waals surface area contributed by atoms with Crippen LogP contribution in [-0.4, -0.2) is 69.1 Å². The third-order valence-corrected chi connectivity index (χ3v) is 6.58. The van der Waals surface area contributed by atoms with Gasteiger partial charge >= 0.3 is 12.0 Å². The molecule has 2 amide bonds. The number of hydrogen-bond donors (Lipinski definition) is 1. The number of methoxy groups -OCH3 is 1. The Labute approximate surface area is 224 Å². The summed E-state index contributed by atoms with van der Waals surface area (Å²) in [5.41, 5.74) is 4.99. The van der Waals surface area contributed by atoms with Gasteiger partial charge in [0.2, 0.25) is 5.96 Å². The van der Waals surface area contributed by atoms with Crippen LogP contribution in [0.4, 0.5) is 16.2 Å². The van der Waals surface area contributed by atoms with Crippen LogP contribution >= 0.6 is 0 Å². The summed E-state index contributed by atoms with van der Waals surface area (Å²) in [5.74, 6) is 0.454. The van der Waals surface area contributed by atoms with Gasteiger partial charge in [0.1, 0.15) is 0 Å². The van der Waals surface area contributed by atoms with Gasteiger partial charge in [0.15, 0.2) is 0 Å². The van der Waals surface area contributed by atoms with Crippen molar-refractivity contribution in [3.8, 4) is 11.1 Å². The maximum Gasteiger partial charge on any atom is 0.316 e. The smallest absolute Gasteiger partial charge is 0.316 e. The molecule has 38 heavy (non-hydrogen) atoms. The van der Waals surface area contributed by atoms with Crippen molar-refractivity contribution in [2.45, 2.75) is 18.9 Å². The highest BCUT2D eigenvalue weighted by Gasteiger charge is 2.34. The lowest BCUT2D eigenvalue weighted by Crippen LogP contribution is -2.47. The fourth-order valence-corrected chi connectivity index (χ4v) is 4.53. The first-order chi connectivity index (χ1) is 18.4. The number of carbonyl (C=O) groups excluding carboxylic acids is 2. The lowest BCUT2D eigenvalue weighted by Gasteiger charge is -2.41. The number of carbonyl (C=O) groups is 2. The van der Waals surface area contributed by atoms with Gasteiger partial charge in [0.05, 0.1) is 25.3 Å². The number of para-hydroxylation sites is 1. The summed E-state index contributed by atoms with van der Waals surface area (Å²) in [6, 6.07) is 26.1. The van der Waals surface area contributed by atoms with Crippen LogP contribution < -0.4 is 10.2 Å². The highest BCUT2D eigenvalue weighted by molar-refractivity contribution is 6.01. The number of benzene rings is 3. The van der Waals surface area contributed by atoms with Gasteiger partial charge in [-0.2, -0.15) is 0 Å². The monoisotopic (exact) mass is 513 g/mol. The van der Waals surface area contributed by atoms with E-state index in [4.69, 9.17) is 9.73 Å². The second-order valence-electron chi connectivity index (χ2n) is 9.45. The number of aliphatic imine (C=N–C) groups is 1. The SMILES string of the molecule is COC(=O)CC1c2ccccc2N=C(N(C)CCCNC(=O)N(C)C)N1c1ccc(-c2ccccc2)cc1. The maximum absolute atomic E-state index is 12.6. The minimum Gasteiger partial charge on any atom is -0.469 e. The quantitative estimate of drug-likeness (QED) is 0.337. The number of guanidine groups is 1. The summed E-state index contributed by atoms with van der Waals surface area (Å²) in [6.45, 7) is 1.21. The van der Waals surface area contributed by atoms with Crippen LogP contribution in [-0.2, 0) is 9.53 Å². The van der Waals surface area contributed by atoms with E-state index in [9.17, 15) is 9.59 Å². The van der Waals surface area contributed by atoms with E-state index in [2.05, 4.69) is 51.5 Å². The van der Waals surface area contributed by atoms with Crippen LogP contribution in [0.3, 0.4) is 0 Å². The Hall–Kier alpha value is -4.33. The van der Waals surface area contributed by atoms with Gasteiger partial charge in [0.25, 0.3) is 0 Å². The largest absolute Gasteiger partial charge is 0.469 e. The van der Waals surface area contributed by atoms with E-state index in [1.807, 2.05) is 49.5 Å². The lowest BCUT2D eigenvalue weighted by molar-refractivity contribution is -0.141. The van der Waals surface area contributed by atoms with Crippen molar-refractivity contribution in [1.82, 2.24) is 15.1 Å². The molecule has 1 aliphatic heterocycles. The maximum atomic E-state index is 12.6. The predicted octanol–water partition coefficient (Wildman–Crippen LogP) is 5.06. The first-order valence-electron chi connectivity index (χ1n) is 12.7.